The topological polar surface area (TPSA) is 80.2 Å². The number of hydrogen-bond donors (Lipinski definition) is 2. The highest BCUT2D eigenvalue weighted by Crippen LogP contribution is 2.35. The molecule has 0 aliphatic heterocycles. The first kappa shape index (κ1) is 17.4. The molecular weight excluding hydrogens is 340 g/mol. The molecule has 0 unspecified atom stereocenters. The lowest BCUT2D eigenvalue weighted by molar-refractivity contribution is 0.0343. The number of hydrogen-bond acceptors (Lipinski definition) is 6. The minimum atomic E-state index is -0.339. The lowest BCUT2D eigenvalue weighted by atomic mass is 10.1. The van der Waals surface area contributed by atoms with Gasteiger partial charge in [0, 0.05) is 47.4 Å². The summed E-state index contributed by atoms with van der Waals surface area (Å²) in [6.07, 6.45) is 3.40. The summed E-state index contributed by atoms with van der Waals surface area (Å²) in [5.41, 5.74) is 0.765. The van der Waals surface area contributed by atoms with Crippen LogP contribution in [0.3, 0.4) is 0 Å². The summed E-state index contributed by atoms with van der Waals surface area (Å²) in [5.74, 6) is 0.688. The van der Waals surface area contributed by atoms with E-state index >= 15 is 0 Å². The van der Waals surface area contributed by atoms with Crippen molar-refractivity contribution in [2.75, 3.05) is 19.0 Å². The minimum absolute atomic E-state index is 0.0492. The summed E-state index contributed by atoms with van der Waals surface area (Å²) in [6, 6.07) is 6.76. The molecule has 25 heavy (non-hydrogen) atoms. The van der Waals surface area contributed by atoms with Gasteiger partial charge in [-0.25, -0.2) is 0 Å². The smallest absolute Gasteiger partial charge is 0.156 e. The number of nitrogens with zero attached hydrogens (tertiary/aromatic N) is 3. The molecule has 0 amide bonds. The third kappa shape index (κ3) is 3.65. The van der Waals surface area contributed by atoms with Gasteiger partial charge < -0.3 is 15.2 Å². The van der Waals surface area contributed by atoms with E-state index in [2.05, 4.69) is 20.5 Å². The number of anilines is 1. The van der Waals surface area contributed by atoms with Crippen LogP contribution in [-0.2, 0) is 4.74 Å². The van der Waals surface area contributed by atoms with Gasteiger partial charge in [-0.3, -0.25) is 4.98 Å². The van der Waals surface area contributed by atoms with Crippen molar-refractivity contribution < 1.29 is 9.84 Å². The number of halogens is 1. The van der Waals surface area contributed by atoms with E-state index in [9.17, 15) is 5.11 Å². The lowest BCUT2D eigenvalue weighted by Crippen LogP contribution is -2.32. The van der Waals surface area contributed by atoms with Crippen molar-refractivity contribution in [2.24, 2.45) is 0 Å². The van der Waals surface area contributed by atoms with E-state index in [-0.39, 0.29) is 11.4 Å². The average Bonchev–Trinajstić information content (AvgIpc) is 2.60. The molecule has 0 aliphatic carbocycles. The van der Waals surface area contributed by atoms with Crippen molar-refractivity contribution in [3.63, 3.8) is 0 Å². The monoisotopic (exact) mass is 358 g/mol. The second-order valence-corrected chi connectivity index (χ2v) is 6.73. The van der Waals surface area contributed by atoms with Gasteiger partial charge in [0.05, 0.1) is 5.60 Å². The van der Waals surface area contributed by atoms with E-state index in [0.717, 1.165) is 10.8 Å². The number of aromatic hydroxyl groups is 1. The molecule has 0 bridgehead atoms. The number of pyridine rings is 1. The number of phenolic OH excluding ortho intramolecular Hbond substituents is 1. The standard InChI is InChI=1S/C18H19ClN4O2/c1-18(2,25-3)10-21-17-12-6-7-20-9-14(12)16(22-23-17)13-5-4-11(19)8-15(13)24/h4-9,24H,10H2,1-3H3,(H,21,23). The maximum Gasteiger partial charge on any atom is 0.156 e. The Labute approximate surface area is 150 Å². The van der Waals surface area contributed by atoms with Gasteiger partial charge >= 0.3 is 0 Å². The Morgan fingerprint density at radius 3 is 2.72 bits per heavy atom. The molecule has 0 aliphatic rings. The van der Waals surface area contributed by atoms with Crippen LogP contribution in [0.25, 0.3) is 22.0 Å². The summed E-state index contributed by atoms with van der Waals surface area (Å²) in [6.45, 7) is 4.54. The summed E-state index contributed by atoms with van der Waals surface area (Å²) in [4.78, 5) is 4.18. The fourth-order valence-corrected chi connectivity index (χ4v) is 2.57. The van der Waals surface area contributed by atoms with Crippen LogP contribution in [0.2, 0.25) is 5.02 Å². The first-order valence-corrected chi connectivity index (χ1v) is 8.17. The molecule has 0 spiro atoms. The predicted octanol–water partition coefficient (Wildman–Crippen LogP) is 3.89. The third-order valence-corrected chi connectivity index (χ3v) is 4.27. The van der Waals surface area contributed by atoms with Crippen LogP contribution in [-0.4, -0.2) is 39.5 Å². The summed E-state index contributed by atoms with van der Waals surface area (Å²) >= 11 is 5.92. The van der Waals surface area contributed by atoms with Gasteiger partial charge in [-0.2, -0.15) is 0 Å². The molecule has 3 aromatic rings. The molecule has 0 atom stereocenters. The van der Waals surface area contributed by atoms with Crippen LogP contribution < -0.4 is 5.32 Å². The van der Waals surface area contributed by atoms with Gasteiger partial charge in [0.15, 0.2) is 5.82 Å². The van der Waals surface area contributed by atoms with Crippen molar-refractivity contribution in [1.29, 1.82) is 0 Å². The van der Waals surface area contributed by atoms with E-state index in [1.54, 1.807) is 31.6 Å². The summed E-state index contributed by atoms with van der Waals surface area (Å²) < 4.78 is 5.42. The quantitative estimate of drug-likeness (QED) is 0.720. The zero-order chi connectivity index (χ0) is 18.0. The number of ether oxygens (including phenoxy) is 1. The van der Waals surface area contributed by atoms with Gasteiger partial charge in [-0.05, 0) is 38.1 Å². The summed E-state index contributed by atoms with van der Waals surface area (Å²) in [5, 5.41) is 24.2. The van der Waals surface area contributed by atoms with Crippen LogP contribution in [0.15, 0.2) is 36.7 Å². The fourth-order valence-electron chi connectivity index (χ4n) is 2.40. The van der Waals surface area contributed by atoms with E-state index in [1.807, 2.05) is 19.9 Å². The van der Waals surface area contributed by atoms with E-state index in [4.69, 9.17) is 16.3 Å². The van der Waals surface area contributed by atoms with Crippen LogP contribution in [0.1, 0.15) is 13.8 Å². The predicted molar refractivity (Wildman–Crippen MR) is 99.0 cm³/mol. The Balaban J connectivity index is 2.07. The maximum atomic E-state index is 10.2. The molecule has 6 nitrogen and oxygen atoms in total. The number of methoxy groups -OCH3 is 1. The molecule has 0 fully saturated rings. The Hall–Kier alpha value is -2.44. The highest BCUT2D eigenvalue weighted by molar-refractivity contribution is 6.30. The number of fused-ring (bicyclic) bond motifs is 1. The number of rotatable bonds is 5. The molecule has 0 saturated carbocycles. The van der Waals surface area contributed by atoms with Crippen LogP contribution in [0.5, 0.6) is 5.75 Å². The van der Waals surface area contributed by atoms with Crippen molar-refractivity contribution in [2.45, 2.75) is 19.4 Å². The second-order valence-electron chi connectivity index (χ2n) is 6.30. The zero-order valence-electron chi connectivity index (χ0n) is 14.2. The largest absolute Gasteiger partial charge is 0.507 e. The Bertz CT molecular complexity index is 915. The van der Waals surface area contributed by atoms with Gasteiger partial charge in [-0.15, -0.1) is 10.2 Å². The van der Waals surface area contributed by atoms with Crippen molar-refractivity contribution in [3.8, 4) is 17.0 Å². The molecule has 1 aromatic carbocycles. The SMILES string of the molecule is COC(C)(C)CNc1nnc(-c2ccc(Cl)cc2O)c2cnccc12. The minimum Gasteiger partial charge on any atom is -0.507 e. The molecular formula is C18H19ClN4O2. The first-order chi connectivity index (χ1) is 11.9. The van der Waals surface area contributed by atoms with Crippen LogP contribution >= 0.6 is 11.6 Å². The molecule has 2 aromatic heterocycles. The average molecular weight is 359 g/mol. The Kier molecular flexibility index (Phi) is 4.74. The lowest BCUT2D eigenvalue weighted by Gasteiger charge is -2.23. The molecule has 2 N–H and O–H groups in total. The molecule has 7 heteroatoms. The van der Waals surface area contributed by atoms with E-state index in [1.165, 1.54) is 6.07 Å². The number of aromatic nitrogens is 3. The second kappa shape index (κ2) is 6.82. The third-order valence-electron chi connectivity index (χ3n) is 4.03. The van der Waals surface area contributed by atoms with Crippen LogP contribution in [0, 0.1) is 0 Å². The number of nitrogens with one attached hydrogen (secondary N) is 1. The van der Waals surface area contributed by atoms with Crippen molar-refractivity contribution in [1.82, 2.24) is 15.2 Å². The number of phenols is 1. The molecule has 3 rings (SSSR count). The highest BCUT2D eigenvalue weighted by atomic mass is 35.5. The molecule has 0 radical (unpaired) electrons. The number of benzene rings is 1. The molecule has 130 valence electrons. The van der Waals surface area contributed by atoms with Gasteiger partial charge in [0.1, 0.15) is 11.4 Å². The molecule has 0 saturated heterocycles. The van der Waals surface area contributed by atoms with E-state index in [0.29, 0.717) is 28.6 Å². The van der Waals surface area contributed by atoms with Gasteiger partial charge in [0.25, 0.3) is 0 Å². The van der Waals surface area contributed by atoms with Crippen LogP contribution in [0.4, 0.5) is 5.82 Å². The highest BCUT2D eigenvalue weighted by Gasteiger charge is 2.18. The Morgan fingerprint density at radius 1 is 1.20 bits per heavy atom. The maximum absolute atomic E-state index is 10.2. The van der Waals surface area contributed by atoms with Crippen molar-refractivity contribution >= 4 is 28.2 Å². The molecule has 2 heterocycles. The normalized spacial score (nSPS) is 11.7. The van der Waals surface area contributed by atoms with Gasteiger partial charge in [0.2, 0.25) is 0 Å². The Morgan fingerprint density at radius 2 is 2.00 bits per heavy atom. The van der Waals surface area contributed by atoms with E-state index < -0.39 is 0 Å². The van der Waals surface area contributed by atoms with Gasteiger partial charge in [-0.1, -0.05) is 11.6 Å². The van der Waals surface area contributed by atoms with Crippen molar-refractivity contribution in [3.05, 3.63) is 41.7 Å². The fraction of sp³-hybridized carbons (Fsp3) is 0.278. The zero-order valence-corrected chi connectivity index (χ0v) is 15.0. The summed E-state index contributed by atoms with van der Waals surface area (Å²) in [7, 11) is 1.67. The first-order valence-electron chi connectivity index (χ1n) is 7.79.